The summed E-state index contributed by atoms with van der Waals surface area (Å²) in [6, 6.07) is 18.5. The summed E-state index contributed by atoms with van der Waals surface area (Å²) in [4.78, 5) is 17.3. The van der Waals surface area contributed by atoms with Gasteiger partial charge in [0.1, 0.15) is 17.1 Å². The highest BCUT2D eigenvalue weighted by Gasteiger charge is 2.30. The molecule has 0 radical (unpaired) electrons. The van der Waals surface area contributed by atoms with Crippen LogP contribution >= 0.6 is 0 Å². The molecular weight excluding hydrogens is 480 g/mol. The molecular formula is C30H38N4O4. The summed E-state index contributed by atoms with van der Waals surface area (Å²) in [5.41, 5.74) is 0.669. The van der Waals surface area contributed by atoms with E-state index in [0.717, 1.165) is 44.6 Å². The van der Waals surface area contributed by atoms with Gasteiger partial charge in [-0.1, -0.05) is 0 Å². The van der Waals surface area contributed by atoms with Crippen LogP contribution in [0.5, 0.6) is 11.5 Å². The summed E-state index contributed by atoms with van der Waals surface area (Å²) < 4.78 is 17.3. The molecule has 0 aliphatic carbocycles. The molecule has 38 heavy (non-hydrogen) atoms. The smallest absolute Gasteiger partial charge is 0.410 e. The predicted molar refractivity (Wildman–Crippen MR) is 145 cm³/mol. The summed E-state index contributed by atoms with van der Waals surface area (Å²) in [6.45, 7) is 10.1. The monoisotopic (exact) mass is 518 g/mol. The van der Waals surface area contributed by atoms with Gasteiger partial charge in [-0.2, -0.15) is 10.5 Å². The fraction of sp³-hybridized carbons (Fsp3) is 0.500. The van der Waals surface area contributed by atoms with Crippen LogP contribution in [0.2, 0.25) is 0 Å². The maximum atomic E-state index is 13.0. The Morgan fingerprint density at radius 3 is 1.87 bits per heavy atom. The van der Waals surface area contributed by atoms with Gasteiger partial charge >= 0.3 is 6.09 Å². The van der Waals surface area contributed by atoms with E-state index in [0.29, 0.717) is 43.1 Å². The second-order valence-electron chi connectivity index (χ2n) is 10.4. The number of hydrogen-bond donors (Lipinski definition) is 0. The molecule has 0 spiro atoms. The maximum absolute atomic E-state index is 13.0. The second-order valence-corrected chi connectivity index (χ2v) is 10.4. The van der Waals surface area contributed by atoms with Gasteiger partial charge in [0.15, 0.2) is 0 Å². The lowest BCUT2D eigenvalue weighted by molar-refractivity contribution is 0.00699. The zero-order valence-electron chi connectivity index (χ0n) is 22.7. The summed E-state index contributed by atoms with van der Waals surface area (Å²) >= 11 is 0. The molecule has 0 saturated carbocycles. The van der Waals surface area contributed by atoms with Crippen LogP contribution in [0.3, 0.4) is 0 Å². The number of rotatable bonds is 11. The minimum absolute atomic E-state index is 0.130. The topological polar surface area (TPSA) is 98.8 Å². The molecule has 0 atom stereocenters. The van der Waals surface area contributed by atoms with Gasteiger partial charge in [-0.05, 0) is 95.0 Å². The molecule has 1 aliphatic heterocycles. The van der Waals surface area contributed by atoms with Gasteiger partial charge < -0.3 is 24.0 Å². The highest BCUT2D eigenvalue weighted by atomic mass is 16.6. The zero-order chi connectivity index (χ0) is 27.4. The molecule has 2 aromatic carbocycles. The molecule has 1 saturated heterocycles. The lowest BCUT2D eigenvalue weighted by Crippen LogP contribution is -2.49. The van der Waals surface area contributed by atoms with Crippen LogP contribution in [0.4, 0.5) is 4.79 Å². The molecule has 3 rings (SSSR count). The Labute approximate surface area is 226 Å². The van der Waals surface area contributed by atoms with E-state index in [9.17, 15) is 4.79 Å². The van der Waals surface area contributed by atoms with Gasteiger partial charge in [-0.25, -0.2) is 4.79 Å². The third kappa shape index (κ3) is 9.61. The maximum Gasteiger partial charge on any atom is 0.410 e. The summed E-state index contributed by atoms with van der Waals surface area (Å²) in [6.07, 6.45) is 3.11. The molecule has 1 heterocycles. The van der Waals surface area contributed by atoms with Crippen molar-refractivity contribution in [1.82, 2.24) is 9.80 Å². The normalized spacial score (nSPS) is 14.2. The van der Waals surface area contributed by atoms with E-state index in [2.05, 4.69) is 17.0 Å². The van der Waals surface area contributed by atoms with Crippen LogP contribution < -0.4 is 9.47 Å². The summed E-state index contributed by atoms with van der Waals surface area (Å²) in [5.74, 6) is 1.49. The Bertz CT molecular complexity index is 1090. The molecule has 202 valence electrons. The highest BCUT2D eigenvalue weighted by Crippen LogP contribution is 2.21. The molecule has 8 heteroatoms. The number of benzene rings is 2. The van der Waals surface area contributed by atoms with Gasteiger partial charge in [0, 0.05) is 32.2 Å². The molecule has 1 amide bonds. The average Bonchev–Trinajstić information content (AvgIpc) is 2.91. The number of piperidine rings is 1. The Kier molecular flexibility index (Phi) is 10.8. The summed E-state index contributed by atoms with van der Waals surface area (Å²) in [5, 5.41) is 17.8. The number of ether oxygens (including phenoxy) is 3. The first-order valence-corrected chi connectivity index (χ1v) is 13.3. The first-order chi connectivity index (χ1) is 18.3. The van der Waals surface area contributed by atoms with Crippen LogP contribution in [0.1, 0.15) is 57.6 Å². The van der Waals surface area contributed by atoms with E-state index in [-0.39, 0.29) is 12.1 Å². The molecule has 0 aromatic heterocycles. The minimum atomic E-state index is -0.552. The van der Waals surface area contributed by atoms with Crippen molar-refractivity contribution in [1.29, 1.82) is 10.5 Å². The van der Waals surface area contributed by atoms with Crippen molar-refractivity contribution in [3.8, 4) is 23.6 Å². The van der Waals surface area contributed by atoms with Crippen molar-refractivity contribution in [3.05, 3.63) is 59.7 Å². The van der Waals surface area contributed by atoms with E-state index in [1.165, 1.54) is 0 Å². The summed E-state index contributed by atoms with van der Waals surface area (Å²) in [7, 11) is 0. The third-order valence-corrected chi connectivity index (χ3v) is 6.29. The van der Waals surface area contributed by atoms with Crippen molar-refractivity contribution >= 4 is 6.09 Å². The lowest BCUT2D eigenvalue weighted by Gasteiger charge is -2.39. The fourth-order valence-corrected chi connectivity index (χ4v) is 4.35. The largest absolute Gasteiger partial charge is 0.494 e. The highest BCUT2D eigenvalue weighted by molar-refractivity contribution is 5.68. The first-order valence-electron chi connectivity index (χ1n) is 13.3. The number of carbonyl (C=O) groups excluding carboxylic acids is 1. The van der Waals surface area contributed by atoms with Crippen molar-refractivity contribution in [3.63, 3.8) is 0 Å². The number of hydrogen-bond acceptors (Lipinski definition) is 7. The Morgan fingerprint density at radius 1 is 0.895 bits per heavy atom. The number of likely N-dealkylation sites (tertiary alicyclic amines) is 1. The zero-order valence-corrected chi connectivity index (χ0v) is 22.7. The van der Waals surface area contributed by atoms with Crippen molar-refractivity contribution in [2.45, 2.75) is 58.1 Å². The van der Waals surface area contributed by atoms with Crippen LogP contribution in [0.25, 0.3) is 0 Å². The number of amides is 1. The molecule has 0 N–H and O–H groups in total. The molecule has 1 aliphatic rings. The second kappa shape index (κ2) is 14.3. The van der Waals surface area contributed by atoms with Gasteiger partial charge in [-0.15, -0.1) is 0 Å². The standard InChI is InChI=1S/C30H38N4O4/c1-30(2,3)38-29(35)34(17-5-21-37-28-12-8-25(23-32)9-13-28)26-14-18-33(19-15-26)16-4-20-36-27-10-6-24(22-31)7-11-27/h6-13,26H,4-5,14-21H2,1-3H3. The van der Waals surface area contributed by atoms with Crippen molar-refractivity contribution < 1.29 is 19.0 Å². The average molecular weight is 519 g/mol. The van der Waals surface area contributed by atoms with Gasteiger partial charge in [0.25, 0.3) is 0 Å². The van der Waals surface area contributed by atoms with E-state index in [1.54, 1.807) is 36.4 Å². The molecule has 0 bridgehead atoms. The molecule has 0 unspecified atom stereocenters. The number of nitriles is 2. The van der Waals surface area contributed by atoms with E-state index >= 15 is 0 Å². The molecule has 8 nitrogen and oxygen atoms in total. The van der Waals surface area contributed by atoms with Crippen LogP contribution in [0, 0.1) is 22.7 Å². The van der Waals surface area contributed by atoms with E-state index in [4.69, 9.17) is 24.7 Å². The van der Waals surface area contributed by atoms with Crippen LogP contribution in [-0.2, 0) is 4.74 Å². The first kappa shape index (κ1) is 28.8. The Hall–Kier alpha value is -3.75. The third-order valence-electron chi connectivity index (χ3n) is 6.29. The number of carbonyl (C=O) groups is 1. The van der Waals surface area contributed by atoms with E-state index in [1.807, 2.05) is 37.8 Å². The Morgan fingerprint density at radius 2 is 1.39 bits per heavy atom. The van der Waals surface area contributed by atoms with Gasteiger partial charge in [-0.3, -0.25) is 0 Å². The molecule has 1 fully saturated rings. The lowest BCUT2D eigenvalue weighted by atomic mass is 10.0. The minimum Gasteiger partial charge on any atom is -0.494 e. The fourth-order valence-electron chi connectivity index (χ4n) is 4.35. The van der Waals surface area contributed by atoms with Crippen LogP contribution in [0.15, 0.2) is 48.5 Å². The number of nitrogens with zero attached hydrogens (tertiary/aromatic N) is 4. The van der Waals surface area contributed by atoms with Gasteiger partial charge in [0.2, 0.25) is 0 Å². The Balaban J connectivity index is 1.43. The molecule has 2 aromatic rings. The quantitative estimate of drug-likeness (QED) is 0.369. The van der Waals surface area contributed by atoms with E-state index < -0.39 is 5.60 Å². The van der Waals surface area contributed by atoms with Crippen molar-refractivity contribution in [2.24, 2.45) is 0 Å². The SMILES string of the molecule is CC(C)(C)OC(=O)N(CCCOc1ccc(C#N)cc1)C1CCN(CCCOc2ccc(C#N)cc2)CC1. The van der Waals surface area contributed by atoms with Crippen LogP contribution in [-0.4, -0.2) is 66.9 Å². The van der Waals surface area contributed by atoms with Gasteiger partial charge in [0.05, 0.1) is 36.5 Å². The predicted octanol–water partition coefficient (Wildman–Crippen LogP) is 5.37. The van der Waals surface area contributed by atoms with Crippen molar-refractivity contribution in [2.75, 3.05) is 39.4 Å².